The number of nitrogens with two attached hydrogens (primary N) is 1. The monoisotopic (exact) mass is 272 g/mol. The van der Waals surface area contributed by atoms with E-state index >= 15 is 0 Å². The van der Waals surface area contributed by atoms with Crippen molar-refractivity contribution >= 4 is 18.3 Å². The molecule has 2 heterocycles. The van der Waals surface area contributed by atoms with Gasteiger partial charge in [-0.1, -0.05) is 13.8 Å². The molecule has 6 heteroatoms. The summed E-state index contributed by atoms with van der Waals surface area (Å²) in [6.45, 7) is 5.67. The largest absolute Gasteiger partial charge is 0.338 e. The smallest absolute Gasteiger partial charge is 0.257 e. The number of amides is 1. The molecule has 1 aromatic rings. The lowest BCUT2D eigenvalue weighted by atomic mass is 9.79. The highest BCUT2D eigenvalue weighted by Crippen LogP contribution is 2.28. The van der Waals surface area contributed by atoms with Gasteiger partial charge in [-0.05, 0) is 11.8 Å². The van der Waals surface area contributed by atoms with Crippen LogP contribution in [0.25, 0.3) is 0 Å². The van der Waals surface area contributed by atoms with E-state index in [-0.39, 0.29) is 29.8 Å². The summed E-state index contributed by atoms with van der Waals surface area (Å²) in [5.41, 5.74) is 6.70. The van der Waals surface area contributed by atoms with E-state index in [0.717, 1.165) is 13.0 Å². The van der Waals surface area contributed by atoms with E-state index in [4.69, 9.17) is 5.73 Å². The molecule has 2 N–H and O–H groups in total. The van der Waals surface area contributed by atoms with E-state index in [9.17, 15) is 4.79 Å². The van der Waals surface area contributed by atoms with Crippen molar-refractivity contribution in [2.24, 2.45) is 18.2 Å². The third-order valence-corrected chi connectivity index (χ3v) is 3.55. The van der Waals surface area contributed by atoms with Gasteiger partial charge in [0, 0.05) is 32.4 Å². The number of carbonyl (C=O) groups excluding carboxylic acids is 1. The number of hydrogen-bond donors (Lipinski definition) is 1. The van der Waals surface area contributed by atoms with E-state index in [2.05, 4.69) is 18.9 Å². The number of piperidine rings is 1. The van der Waals surface area contributed by atoms with Crippen molar-refractivity contribution in [3.05, 3.63) is 18.0 Å². The number of carbonyl (C=O) groups is 1. The van der Waals surface area contributed by atoms with Crippen LogP contribution in [-0.2, 0) is 7.05 Å². The van der Waals surface area contributed by atoms with Gasteiger partial charge in [0.1, 0.15) is 0 Å². The molecule has 1 atom stereocenters. The Labute approximate surface area is 114 Å². The lowest BCUT2D eigenvalue weighted by Gasteiger charge is -2.42. The molecule has 5 nitrogen and oxygen atoms in total. The Morgan fingerprint density at radius 3 is 2.72 bits per heavy atom. The van der Waals surface area contributed by atoms with Crippen LogP contribution < -0.4 is 5.73 Å². The van der Waals surface area contributed by atoms with Gasteiger partial charge >= 0.3 is 0 Å². The van der Waals surface area contributed by atoms with Gasteiger partial charge in [-0.15, -0.1) is 12.4 Å². The molecule has 0 bridgehead atoms. The molecule has 1 saturated heterocycles. The molecule has 0 radical (unpaired) electrons. The maximum absolute atomic E-state index is 12.2. The minimum atomic E-state index is -0.0177. The molecule has 0 saturated carbocycles. The van der Waals surface area contributed by atoms with Crippen LogP contribution in [0.3, 0.4) is 0 Å². The summed E-state index contributed by atoms with van der Waals surface area (Å²) in [5, 5.41) is 4.03. The summed E-state index contributed by atoms with van der Waals surface area (Å²) in [6.07, 6.45) is 4.23. The third-order valence-electron chi connectivity index (χ3n) is 3.55. The summed E-state index contributed by atoms with van der Waals surface area (Å²) in [5.74, 6) is 0.0538. The molecule has 18 heavy (non-hydrogen) atoms. The first kappa shape index (κ1) is 15.0. The van der Waals surface area contributed by atoms with Crippen LogP contribution in [0.4, 0.5) is 0 Å². The highest BCUT2D eigenvalue weighted by Gasteiger charge is 2.35. The van der Waals surface area contributed by atoms with Crippen LogP contribution in [0.2, 0.25) is 0 Å². The summed E-state index contributed by atoms with van der Waals surface area (Å²) >= 11 is 0. The summed E-state index contributed by atoms with van der Waals surface area (Å²) in [4.78, 5) is 14.1. The van der Waals surface area contributed by atoms with Crippen LogP contribution in [0.1, 0.15) is 30.6 Å². The van der Waals surface area contributed by atoms with Crippen molar-refractivity contribution in [1.29, 1.82) is 0 Å². The molecule has 1 fully saturated rings. The number of halogens is 1. The molecule has 1 unspecified atom stereocenters. The van der Waals surface area contributed by atoms with Crippen molar-refractivity contribution < 1.29 is 4.79 Å². The van der Waals surface area contributed by atoms with Gasteiger partial charge in [0.05, 0.1) is 11.8 Å². The van der Waals surface area contributed by atoms with E-state index in [0.29, 0.717) is 12.1 Å². The lowest BCUT2D eigenvalue weighted by molar-refractivity contribution is 0.0533. The average molecular weight is 273 g/mol. The van der Waals surface area contributed by atoms with Gasteiger partial charge in [-0.25, -0.2) is 0 Å². The SMILES string of the molecule is Cl.Cn1cc(C(=O)N2CCC(N)C(C)(C)C2)cn1. The predicted molar refractivity (Wildman–Crippen MR) is 72.7 cm³/mol. The molecule has 1 aliphatic rings. The molecule has 102 valence electrons. The van der Waals surface area contributed by atoms with Gasteiger partial charge < -0.3 is 10.6 Å². The number of rotatable bonds is 1. The van der Waals surface area contributed by atoms with Crippen molar-refractivity contribution in [2.75, 3.05) is 13.1 Å². The average Bonchev–Trinajstić information content (AvgIpc) is 2.68. The van der Waals surface area contributed by atoms with Gasteiger partial charge in [-0.3, -0.25) is 9.48 Å². The minimum absolute atomic E-state index is 0. The van der Waals surface area contributed by atoms with E-state index in [1.165, 1.54) is 0 Å². The van der Waals surface area contributed by atoms with E-state index in [1.54, 1.807) is 17.1 Å². The molecule has 2 rings (SSSR count). The van der Waals surface area contributed by atoms with Crippen LogP contribution in [0.5, 0.6) is 0 Å². The first-order valence-corrected chi connectivity index (χ1v) is 5.93. The fraction of sp³-hybridized carbons (Fsp3) is 0.667. The number of nitrogens with zero attached hydrogens (tertiary/aromatic N) is 3. The zero-order chi connectivity index (χ0) is 12.6. The van der Waals surface area contributed by atoms with Gasteiger partial charge in [-0.2, -0.15) is 5.10 Å². The second-order valence-electron chi connectivity index (χ2n) is 5.51. The minimum Gasteiger partial charge on any atom is -0.338 e. The van der Waals surface area contributed by atoms with Gasteiger partial charge in [0.2, 0.25) is 0 Å². The summed E-state index contributed by atoms with van der Waals surface area (Å²) in [6, 6.07) is 0.167. The topological polar surface area (TPSA) is 64.2 Å². The van der Waals surface area contributed by atoms with Crippen molar-refractivity contribution in [2.45, 2.75) is 26.3 Å². The van der Waals surface area contributed by atoms with Crippen molar-refractivity contribution in [3.8, 4) is 0 Å². The fourth-order valence-electron chi connectivity index (χ4n) is 2.26. The van der Waals surface area contributed by atoms with E-state index in [1.807, 2.05) is 11.9 Å². The van der Waals surface area contributed by atoms with E-state index < -0.39 is 0 Å². The highest BCUT2D eigenvalue weighted by atomic mass is 35.5. The Morgan fingerprint density at radius 2 is 2.22 bits per heavy atom. The second kappa shape index (κ2) is 5.28. The van der Waals surface area contributed by atoms with Crippen LogP contribution in [0.15, 0.2) is 12.4 Å². The maximum atomic E-state index is 12.2. The maximum Gasteiger partial charge on any atom is 0.257 e. The summed E-state index contributed by atoms with van der Waals surface area (Å²) in [7, 11) is 1.81. The number of hydrogen-bond acceptors (Lipinski definition) is 3. The Morgan fingerprint density at radius 1 is 1.56 bits per heavy atom. The van der Waals surface area contributed by atoms with Crippen LogP contribution in [0, 0.1) is 5.41 Å². The number of aryl methyl sites for hydroxylation is 1. The quantitative estimate of drug-likeness (QED) is 0.831. The predicted octanol–water partition coefficient (Wildman–Crippen LogP) is 1.04. The third kappa shape index (κ3) is 2.84. The highest BCUT2D eigenvalue weighted by molar-refractivity contribution is 5.93. The zero-order valence-corrected chi connectivity index (χ0v) is 11.9. The molecule has 0 aliphatic carbocycles. The molecular formula is C12H21ClN4O. The Hall–Kier alpha value is -1.07. The number of likely N-dealkylation sites (tertiary alicyclic amines) is 1. The molecule has 0 spiro atoms. The first-order chi connectivity index (χ1) is 7.90. The van der Waals surface area contributed by atoms with Crippen LogP contribution >= 0.6 is 12.4 Å². The Kier molecular flexibility index (Phi) is 4.40. The van der Waals surface area contributed by atoms with Gasteiger partial charge in [0.15, 0.2) is 0 Å². The van der Waals surface area contributed by atoms with Gasteiger partial charge in [0.25, 0.3) is 5.91 Å². The Balaban J connectivity index is 0.00000162. The first-order valence-electron chi connectivity index (χ1n) is 5.93. The molecule has 0 aromatic carbocycles. The zero-order valence-electron chi connectivity index (χ0n) is 11.1. The van der Waals surface area contributed by atoms with Crippen LogP contribution in [-0.4, -0.2) is 39.7 Å². The standard InChI is InChI=1S/C12H20N4O.ClH/c1-12(2)8-16(5-4-10(12)13)11(17)9-6-14-15(3)7-9;/h6-7,10H,4-5,8,13H2,1-3H3;1H. The molecule has 1 amide bonds. The number of aromatic nitrogens is 2. The molecule has 1 aliphatic heterocycles. The lowest BCUT2D eigenvalue weighted by Crippen LogP contribution is -2.53. The second-order valence-corrected chi connectivity index (χ2v) is 5.51. The molecule has 1 aromatic heterocycles. The van der Waals surface area contributed by atoms with Crippen molar-refractivity contribution in [1.82, 2.24) is 14.7 Å². The van der Waals surface area contributed by atoms with Crippen molar-refractivity contribution in [3.63, 3.8) is 0 Å². The molecular weight excluding hydrogens is 252 g/mol. The Bertz CT molecular complexity index is 429. The fourth-order valence-corrected chi connectivity index (χ4v) is 2.26. The summed E-state index contributed by atoms with van der Waals surface area (Å²) < 4.78 is 1.65. The normalized spacial score (nSPS) is 22.4.